The van der Waals surface area contributed by atoms with E-state index in [0.29, 0.717) is 6.61 Å². The highest BCUT2D eigenvalue weighted by Crippen LogP contribution is 2.32. The van der Waals surface area contributed by atoms with Crippen LogP contribution >= 0.6 is 0 Å². The highest BCUT2D eigenvalue weighted by atomic mass is 16.5. The Labute approximate surface area is 85.2 Å². The van der Waals surface area contributed by atoms with E-state index in [1.54, 1.807) is 0 Å². The lowest BCUT2D eigenvalue weighted by atomic mass is 10.0. The standard InChI is InChI=1S/C11H19NO2/c1-11(6-2-7-12-11)10(13)14-8-5-9-3-4-9/h9,12H,2-8H2,1H3. The number of hydrogen-bond donors (Lipinski definition) is 1. The molecule has 2 rings (SSSR count). The van der Waals surface area contributed by atoms with Crippen molar-refractivity contribution in [1.82, 2.24) is 5.32 Å². The Morgan fingerprint density at radius 1 is 1.57 bits per heavy atom. The Morgan fingerprint density at radius 2 is 2.36 bits per heavy atom. The average Bonchev–Trinajstić information content (AvgIpc) is 2.88. The van der Waals surface area contributed by atoms with Crippen molar-refractivity contribution in [2.75, 3.05) is 13.2 Å². The van der Waals surface area contributed by atoms with Crippen LogP contribution in [0, 0.1) is 5.92 Å². The van der Waals surface area contributed by atoms with Crippen molar-refractivity contribution in [3.8, 4) is 0 Å². The molecule has 3 nitrogen and oxygen atoms in total. The molecule has 0 amide bonds. The summed E-state index contributed by atoms with van der Waals surface area (Å²) >= 11 is 0. The first-order valence-corrected chi connectivity index (χ1v) is 5.63. The molecule has 1 aliphatic heterocycles. The van der Waals surface area contributed by atoms with E-state index in [4.69, 9.17) is 4.74 Å². The maximum absolute atomic E-state index is 11.7. The zero-order chi connectivity index (χ0) is 10.0. The fourth-order valence-corrected chi connectivity index (χ4v) is 1.95. The van der Waals surface area contributed by atoms with Gasteiger partial charge in [0.1, 0.15) is 5.54 Å². The number of esters is 1. The van der Waals surface area contributed by atoms with Gasteiger partial charge in [0, 0.05) is 0 Å². The van der Waals surface area contributed by atoms with Crippen LogP contribution in [0.4, 0.5) is 0 Å². The quantitative estimate of drug-likeness (QED) is 0.694. The Bertz CT molecular complexity index is 217. The van der Waals surface area contributed by atoms with E-state index in [2.05, 4.69) is 5.32 Å². The fourth-order valence-electron chi connectivity index (χ4n) is 1.95. The molecule has 1 aliphatic carbocycles. The van der Waals surface area contributed by atoms with Crippen molar-refractivity contribution in [2.24, 2.45) is 5.92 Å². The van der Waals surface area contributed by atoms with Crippen LogP contribution < -0.4 is 5.32 Å². The number of ether oxygens (including phenoxy) is 1. The van der Waals surface area contributed by atoms with Gasteiger partial charge >= 0.3 is 5.97 Å². The molecular formula is C11H19NO2. The Hall–Kier alpha value is -0.570. The molecule has 14 heavy (non-hydrogen) atoms. The largest absolute Gasteiger partial charge is 0.464 e. The summed E-state index contributed by atoms with van der Waals surface area (Å²) in [5, 5.41) is 3.21. The van der Waals surface area contributed by atoms with Gasteiger partial charge in [0.05, 0.1) is 6.61 Å². The molecule has 1 N–H and O–H groups in total. The smallest absolute Gasteiger partial charge is 0.326 e. The van der Waals surface area contributed by atoms with E-state index >= 15 is 0 Å². The van der Waals surface area contributed by atoms with Gasteiger partial charge in [-0.25, -0.2) is 0 Å². The first-order valence-electron chi connectivity index (χ1n) is 5.63. The van der Waals surface area contributed by atoms with Crippen molar-refractivity contribution in [2.45, 2.75) is 44.6 Å². The second kappa shape index (κ2) is 3.89. The molecule has 0 aromatic rings. The highest BCUT2D eigenvalue weighted by Gasteiger charge is 2.37. The Morgan fingerprint density at radius 3 is 2.93 bits per heavy atom. The molecule has 0 aromatic heterocycles. The van der Waals surface area contributed by atoms with Crippen LogP contribution in [0.2, 0.25) is 0 Å². The first-order chi connectivity index (χ1) is 6.71. The molecule has 0 aromatic carbocycles. The lowest BCUT2D eigenvalue weighted by Crippen LogP contribution is -2.45. The van der Waals surface area contributed by atoms with Gasteiger partial charge in [-0.15, -0.1) is 0 Å². The summed E-state index contributed by atoms with van der Waals surface area (Å²) in [4.78, 5) is 11.7. The Kier molecular flexibility index (Phi) is 2.77. The summed E-state index contributed by atoms with van der Waals surface area (Å²) in [7, 11) is 0. The zero-order valence-electron chi connectivity index (χ0n) is 8.84. The molecule has 1 saturated carbocycles. The monoisotopic (exact) mass is 197 g/mol. The molecule has 1 heterocycles. The van der Waals surface area contributed by atoms with Crippen molar-refractivity contribution in [1.29, 1.82) is 0 Å². The molecule has 0 spiro atoms. The molecule has 2 fully saturated rings. The maximum Gasteiger partial charge on any atom is 0.326 e. The molecule has 1 atom stereocenters. The van der Waals surface area contributed by atoms with Gasteiger partial charge in [0.25, 0.3) is 0 Å². The minimum atomic E-state index is -0.399. The summed E-state index contributed by atoms with van der Waals surface area (Å²) in [6.45, 7) is 3.49. The summed E-state index contributed by atoms with van der Waals surface area (Å²) < 4.78 is 5.28. The van der Waals surface area contributed by atoms with Crippen molar-refractivity contribution >= 4 is 5.97 Å². The predicted octanol–water partition coefficient (Wildman–Crippen LogP) is 1.47. The van der Waals surface area contributed by atoms with Gasteiger partial charge in [0.2, 0.25) is 0 Å². The molecule has 2 aliphatic rings. The maximum atomic E-state index is 11.7. The van der Waals surface area contributed by atoms with Gasteiger partial charge in [-0.1, -0.05) is 12.8 Å². The van der Waals surface area contributed by atoms with Crippen LogP contribution in [0.1, 0.15) is 39.0 Å². The van der Waals surface area contributed by atoms with Gasteiger partial charge < -0.3 is 10.1 Å². The summed E-state index contributed by atoms with van der Waals surface area (Å²) in [6, 6.07) is 0. The third-order valence-electron chi connectivity index (χ3n) is 3.28. The normalized spacial score (nSPS) is 31.8. The van der Waals surface area contributed by atoms with Crippen LogP contribution in [-0.2, 0) is 9.53 Å². The lowest BCUT2D eigenvalue weighted by Gasteiger charge is -2.21. The van der Waals surface area contributed by atoms with E-state index < -0.39 is 5.54 Å². The number of carbonyl (C=O) groups excluding carboxylic acids is 1. The number of rotatable bonds is 4. The van der Waals surface area contributed by atoms with Gasteiger partial charge in [-0.05, 0) is 38.6 Å². The molecular weight excluding hydrogens is 178 g/mol. The van der Waals surface area contributed by atoms with E-state index in [1.165, 1.54) is 12.8 Å². The second-order valence-electron chi connectivity index (χ2n) is 4.73. The lowest BCUT2D eigenvalue weighted by molar-refractivity contribution is -0.150. The van der Waals surface area contributed by atoms with Gasteiger partial charge in [-0.3, -0.25) is 4.79 Å². The number of nitrogens with one attached hydrogen (secondary N) is 1. The molecule has 1 saturated heterocycles. The second-order valence-corrected chi connectivity index (χ2v) is 4.73. The molecule has 0 radical (unpaired) electrons. The predicted molar refractivity (Wildman–Crippen MR) is 53.9 cm³/mol. The van der Waals surface area contributed by atoms with E-state index in [0.717, 1.165) is 31.7 Å². The topological polar surface area (TPSA) is 38.3 Å². The minimum Gasteiger partial charge on any atom is -0.464 e. The zero-order valence-corrected chi connectivity index (χ0v) is 8.84. The highest BCUT2D eigenvalue weighted by molar-refractivity contribution is 5.80. The van der Waals surface area contributed by atoms with Gasteiger partial charge in [0.15, 0.2) is 0 Å². The fraction of sp³-hybridized carbons (Fsp3) is 0.909. The molecule has 3 heteroatoms. The number of hydrogen-bond acceptors (Lipinski definition) is 3. The van der Waals surface area contributed by atoms with Crippen molar-refractivity contribution in [3.63, 3.8) is 0 Å². The van der Waals surface area contributed by atoms with E-state index in [9.17, 15) is 4.79 Å². The van der Waals surface area contributed by atoms with E-state index in [1.807, 2.05) is 6.92 Å². The third kappa shape index (κ3) is 2.27. The van der Waals surface area contributed by atoms with E-state index in [-0.39, 0.29) is 5.97 Å². The molecule has 0 bridgehead atoms. The van der Waals surface area contributed by atoms with Gasteiger partial charge in [-0.2, -0.15) is 0 Å². The van der Waals surface area contributed by atoms with Crippen molar-refractivity contribution in [3.05, 3.63) is 0 Å². The van der Waals surface area contributed by atoms with Crippen LogP contribution in [0.25, 0.3) is 0 Å². The summed E-state index contributed by atoms with van der Waals surface area (Å²) in [5.41, 5.74) is -0.399. The van der Waals surface area contributed by atoms with Crippen LogP contribution in [-0.4, -0.2) is 24.7 Å². The Balaban J connectivity index is 1.70. The summed E-state index contributed by atoms with van der Waals surface area (Å²) in [6.07, 6.45) is 5.70. The molecule has 80 valence electrons. The average molecular weight is 197 g/mol. The minimum absolute atomic E-state index is 0.0596. The van der Waals surface area contributed by atoms with Crippen LogP contribution in [0.15, 0.2) is 0 Å². The summed E-state index contributed by atoms with van der Waals surface area (Å²) in [5.74, 6) is 0.780. The van der Waals surface area contributed by atoms with Crippen molar-refractivity contribution < 1.29 is 9.53 Å². The number of carbonyl (C=O) groups is 1. The first kappa shape index (κ1) is 9.97. The van der Waals surface area contributed by atoms with Crippen LogP contribution in [0.3, 0.4) is 0 Å². The van der Waals surface area contributed by atoms with Crippen LogP contribution in [0.5, 0.6) is 0 Å². The third-order valence-corrected chi connectivity index (χ3v) is 3.28. The SMILES string of the molecule is CC1(C(=O)OCCC2CC2)CCCN1. The molecule has 1 unspecified atom stereocenters.